The lowest BCUT2D eigenvalue weighted by Crippen LogP contribution is -2.38. The Kier molecular flexibility index (Phi) is 3.39. The number of ether oxygens (including phenoxy) is 1. The molecule has 25 heavy (non-hydrogen) atoms. The first-order valence-electron chi connectivity index (χ1n) is 7.63. The van der Waals surface area contributed by atoms with E-state index in [1.807, 2.05) is 0 Å². The number of carbonyl (C=O) groups is 4. The first-order chi connectivity index (χ1) is 11.5. The molecule has 7 nitrogen and oxygen atoms in total. The molecule has 0 amide bonds. The van der Waals surface area contributed by atoms with Gasteiger partial charge in [-0.1, -0.05) is 0 Å². The molecule has 1 aromatic rings. The summed E-state index contributed by atoms with van der Waals surface area (Å²) in [6, 6.07) is 0. The first-order valence-corrected chi connectivity index (χ1v) is 7.63. The molecule has 3 rings (SSSR count). The number of ketones is 4. The Bertz CT molecular complexity index is 935. The predicted octanol–water partition coefficient (Wildman–Crippen LogP) is 2.07. The normalized spacial score (nSPS) is 22.0. The van der Waals surface area contributed by atoms with Crippen molar-refractivity contribution in [2.75, 3.05) is 0 Å². The Morgan fingerprint density at radius 3 is 2.20 bits per heavy atom. The molecule has 0 radical (unpaired) electrons. The standard InChI is InChI=1S/C18H16O7/c1-6(19)5-18(4)17(24)11-9-10(13(21)8(3)16(11)25-18)15(23)14(22)7(2)12(9)20/h20-21H,5H2,1-4H3. The number of hydrogen-bond acceptors (Lipinski definition) is 7. The lowest BCUT2D eigenvalue weighted by atomic mass is 9.81. The molecular formula is C18H16O7. The summed E-state index contributed by atoms with van der Waals surface area (Å²) in [5.74, 6) is -3.87. The van der Waals surface area contributed by atoms with E-state index in [0.717, 1.165) is 0 Å². The number of hydrogen-bond donors (Lipinski definition) is 2. The van der Waals surface area contributed by atoms with Crippen LogP contribution in [0.1, 0.15) is 59.0 Å². The molecule has 0 saturated heterocycles. The fraction of sp³-hybridized carbons (Fsp3) is 0.333. The molecule has 1 aromatic carbocycles. The third-order valence-electron chi connectivity index (χ3n) is 4.65. The number of aliphatic hydroxyl groups excluding tert-OH is 1. The molecule has 0 fully saturated rings. The van der Waals surface area contributed by atoms with Crippen LogP contribution in [-0.4, -0.2) is 38.9 Å². The molecule has 2 N–H and O–H groups in total. The van der Waals surface area contributed by atoms with Crippen LogP contribution in [0.5, 0.6) is 11.5 Å². The van der Waals surface area contributed by atoms with Crippen LogP contribution in [0.3, 0.4) is 0 Å². The first kappa shape index (κ1) is 16.9. The van der Waals surface area contributed by atoms with E-state index in [1.165, 1.54) is 27.7 Å². The van der Waals surface area contributed by atoms with Gasteiger partial charge in [0.15, 0.2) is 5.60 Å². The molecule has 0 saturated carbocycles. The molecule has 1 atom stereocenters. The van der Waals surface area contributed by atoms with Crippen molar-refractivity contribution < 1.29 is 34.1 Å². The summed E-state index contributed by atoms with van der Waals surface area (Å²) in [7, 11) is 0. The van der Waals surface area contributed by atoms with Gasteiger partial charge in [0.1, 0.15) is 23.0 Å². The van der Waals surface area contributed by atoms with Gasteiger partial charge in [-0.25, -0.2) is 0 Å². The Morgan fingerprint density at radius 1 is 1.04 bits per heavy atom. The number of aliphatic hydroxyl groups is 1. The van der Waals surface area contributed by atoms with Crippen LogP contribution < -0.4 is 4.74 Å². The quantitative estimate of drug-likeness (QED) is 0.788. The SMILES string of the molecule is CC(=O)CC1(C)Oc2c(C)c(O)c3c(c2C1=O)C(O)=C(C)C(=O)C3=O. The highest BCUT2D eigenvalue weighted by molar-refractivity contribution is 6.53. The summed E-state index contributed by atoms with van der Waals surface area (Å²) in [6.45, 7) is 5.44. The molecule has 0 spiro atoms. The van der Waals surface area contributed by atoms with Gasteiger partial charge in [0.05, 0.1) is 17.5 Å². The summed E-state index contributed by atoms with van der Waals surface area (Å²) in [4.78, 5) is 48.8. The molecular weight excluding hydrogens is 328 g/mol. The van der Waals surface area contributed by atoms with Crippen LogP contribution in [0.4, 0.5) is 0 Å². The summed E-state index contributed by atoms with van der Waals surface area (Å²) in [6.07, 6.45) is -0.203. The summed E-state index contributed by atoms with van der Waals surface area (Å²) in [5, 5.41) is 20.8. The van der Waals surface area contributed by atoms with Gasteiger partial charge >= 0.3 is 0 Å². The van der Waals surface area contributed by atoms with Gasteiger partial charge in [-0.3, -0.25) is 19.2 Å². The molecule has 130 valence electrons. The minimum absolute atomic E-state index is 0.00602. The number of rotatable bonds is 2. The van der Waals surface area contributed by atoms with Crippen molar-refractivity contribution >= 4 is 28.9 Å². The number of phenolic OH excluding ortho intramolecular Hbond substituents is 1. The number of aromatic hydroxyl groups is 1. The van der Waals surface area contributed by atoms with E-state index in [0.29, 0.717) is 0 Å². The van der Waals surface area contributed by atoms with Gasteiger partial charge < -0.3 is 14.9 Å². The molecule has 1 unspecified atom stereocenters. The van der Waals surface area contributed by atoms with Crippen molar-refractivity contribution in [3.05, 3.63) is 27.8 Å². The van der Waals surface area contributed by atoms with Gasteiger partial charge in [0, 0.05) is 16.7 Å². The fourth-order valence-electron chi connectivity index (χ4n) is 3.35. The van der Waals surface area contributed by atoms with Crippen molar-refractivity contribution in [3.63, 3.8) is 0 Å². The van der Waals surface area contributed by atoms with Crippen LogP contribution >= 0.6 is 0 Å². The van der Waals surface area contributed by atoms with Crippen LogP contribution in [0, 0.1) is 6.92 Å². The zero-order chi connectivity index (χ0) is 18.8. The van der Waals surface area contributed by atoms with E-state index in [9.17, 15) is 29.4 Å². The van der Waals surface area contributed by atoms with E-state index >= 15 is 0 Å². The monoisotopic (exact) mass is 344 g/mol. The minimum atomic E-state index is -1.50. The molecule has 0 aromatic heterocycles. The largest absolute Gasteiger partial charge is 0.507 e. The van der Waals surface area contributed by atoms with Crippen LogP contribution in [0.15, 0.2) is 5.57 Å². The van der Waals surface area contributed by atoms with Crippen molar-refractivity contribution in [3.8, 4) is 11.5 Å². The minimum Gasteiger partial charge on any atom is -0.507 e. The van der Waals surface area contributed by atoms with E-state index in [-0.39, 0.29) is 40.2 Å². The average Bonchev–Trinajstić information content (AvgIpc) is 2.78. The van der Waals surface area contributed by atoms with Crippen LogP contribution in [0.2, 0.25) is 0 Å². The Morgan fingerprint density at radius 2 is 1.64 bits per heavy atom. The number of carbonyl (C=O) groups excluding carboxylic acids is 4. The molecule has 2 aliphatic rings. The molecule has 1 heterocycles. The van der Waals surface area contributed by atoms with Crippen molar-refractivity contribution in [2.24, 2.45) is 0 Å². The van der Waals surface area contributed by atoms with E-state index < -0.39 is 40.0 Å². The maximum atomic E-state index is 12.9. The predicted molar refractivity (Wildman–Crippen MR) is 86.1 cm³/mol. The van der Waals surface area contributed by atoms with E-state index in [4.69, 9.17) is 4.74 Å². The number of fused-ring (bicyclic) bond motifs is 3. The van der Waals surface area contributed by atoms with Crippen molar-refractivity contribution in [1.82, 2.24) is 0 Å². The second-order valence-corrected chi connectivity index (χ2v) is 6.60. The highest BCUT2D eigenvalue weighted by atomic mass is 16.5. The molecule has 0 bridgehead atoms. The number of benzene rings is 1. The smallest absolute Gasteiger partial charge is 0.237 e. The maximum Gasteiger partial charge on any atom is 0.237 e. The highest BCUT2D eigenvalue weighted by Gasteiger charge is 2.50. The average molecular weight is 344 g/mol. The maximum absolute atomic E-state index is 12.9. The second kappa shape index (κ2) is 5.02. The molecule has 1 aliphatic carbocycles. The van der Waals surface area contributed by atoms with Crippen LogP contribution in [-0.2, 0) is 9.59 Å². The summed E-state index contributed by atoms with van der Waals surface area (Å²) < 4.78 is 5.68. The Balaban J connectivity index is 2.39. The van der Waals surface area contributed by atoms with Crippen molar-refractivity contribution in [1.29, 1.82) is 0 Å². The Hall–Kier alpha value is -2.96. The third-order valence-corrected chi connectivity index (χ3v) is 4.65. The van der Waals surface area contributed by atoms with E-state index in [1.54, 1.807) is 0 Å². The topological polar surface area (TPSA) is 118 Å². The van der Waals surface area contributed by atoms with Gasteiger partial charge in [0.25, 0.3) is 0 Å². The summed E-state index contributed by atoms with van der Waals surface area (Å²) in [5.41, 5.74) is -2.32. The van der Waals surface area contributed by atoms with Crippen molar-refractivity contribution in [2.45, 2.75) is 39.7 Å². The highest BCUT2D eigenvalue weighted by Crippen LogP contribution is 2.49. The van der Waals surface area contributed by atoms with E-state index in [2.05, 4.69) is 0 Å². The number of Topliss-reactive ketones (excluding diaryl/α,β-unsaturated/α-hetero) is 4. The van der Waals surface area contributed by atoms with Gasteiger partial charge in [0.2, 0.25) is 17.3 Å². The zero-order valence-corrected chi connectivity index (χ0v) is 14.1. The number of allylic oxidation sites excluding steroid dienone is 1. The lowest BCUT2D eigenvalue weighted by molar-refractivity contribution is -0.119. The van der Waals surface area contributed by atoms with Crippen LogP contribution in [0.25, 0.3) is 5.76 Å². The number of phenols is 1. The van der Waals surface area contributed by atoms with Gasteiger partial charge in [-0.05, 0) is 27.7 Å². The molecule has 7 heteroatoms. The molecule has 1 aliphatic heterocycles. The summed E-state index contributed by atoms with van der Waals surface area (Å²) >= 11 is 0. The Labute approximate surface area is 142 Å². The van der Waals surface area contributed by atoms with Gasteiger partial charge in [-0.15, -0.1) is 0 Å². The fourth-order valence-corrected chi connectivity index (χ4v) is 3.35. The zero-order valence-electron chi connectivity index (χ0n) is 14.1. The lowest BCUT2D eigenvalue weighted by Gasteiger charge is -2.21. The third kappa shape index (κ3) is 2.05. The second-order valence-electron chi connectivity index (χ2n) is 6.60. The van der Waals surface area contributed by atoms with Gasteiger partial charge in [-0.2, -0.15) is 0 Å².